The molecule has 0 aliphatic carbocycles. The van der Waals surface area contributed by atoms with E-state index >= 15 is 0 Å². The van der Waals surface area contributed by atoms with Gasteiger partial charge in [-0.1, -0.05) is 6.07 Å². The van der Waals surface area contributed by atoms with Crippen molar-refractivity contribution in [2.24, 2.45) is 0 Å². The normalized spacial score (nSPS) is 17.6. The number of nitrogens with one attached hydrogen (secondary N) is 1. The number of ether oxygens (including phenoxy) is 1. The van der Waals surface area contributed by atoms with Gasteiger partial charge in [-0.3, -0.25) is 29.4 Å². The molecule has 0 aromatic heterocycles. The highest BCUT2D eigenvalue weighted by Gasteiger charge is 2.35. The number of hydrogen-bond acceptors (Lipinski definition) is 5. The Kier molecular flexibility index (Phi) is 4.55. The van der Waals surface area contributed by atoms with Crippen molar-refractivity contribution >= 4 is 24.1 Å². The van der Waals surface area contributed by atoms with Crippen molar-refractivity contribution in [3.63, 3.8) is 0 Å². The molecule has 1 fully saturated rings. The average molecular weight is 304 g/mol. The lowest BCUT2D eigenvalue weighted by Crippen LogP contribution is -2.53. The topological polar surface area (TPSA) is 92.8 Å². The van der Waals surface area contributed by atoms with Crippen LogP contribution in [0.4, 0.5) is 0 Å². The molecule has 1 aliphatic rings. The summed E-state index contributed by atoms with van der Waals surface area (Å²) in [6, 6.07) is 3.93. The molecule has 22 heavy (non-hydrogen) atoms. The monoisotopic (exact) mass is 304 g/mol. The molecule has 1 aromatic carbocycles. The van der Waals surface area contributed by atoms with E-state index in [0.29, 0.717) is 17.7 Å². The summed E-state index contributed by atoms with van der Waals surface area (Å²) >= 11 is 0. The van der Waals surface area contributed by atoms with Gasteiger partial charge in [-0.15, -0.1) is 0 Å². The third kappa shape index (κ3) is 2.98. The van der Waals surface area contributed by atoms with Gasteiger partial charge in [0.05, 0.1) is 7.11 Å². The first-order valence-corrected chi connectivity index (χ1v) is 6.74. The molecule has 0 bridgehead atoms. The van der Waals surface area contributed by atoms with Crippen LogP contribution in [0.1, 0.15) is 28.8 Å². The molecule has 116 valence electrons. The van der Waals surface area contributed by atoms with Crippen molar-refractivity contribution in [1.29, 1.82) is 0 Å². The van der Waals surface area contributed by atoms with Gasteiger partial charge in [0.1, 0.15) is 11.8 Å². The minimum absolute atomic E-state index is 0.0884. The SMILES string of the molecule is COc1ccc(C)c(C(=O)N(C=O)C2CCC(=O)NC2=O)c1. The predicted molar refractivity (Wildman–Crippen MR) is 76.1 cm³/mol. The minimum atomic E-state index is -0.978. The fourth-order valence-electron chi connectivity index (χ4n) is 2.31. The standard InChI is InChI=1S/C15H16N2O5/c1-9-3-4-10(22-2)7-11(9)15(21)17(8-18)12-5-6-13(19)16-14(12)20/h3-4,7-8,12H,5-6H2,1-2H3,(H,16,19,20). The first-order chi connectivity index (χ1) is 10.5. The van der Waals surface area contributed by atoms with Crippen LogP contribution in [-0.2, 0) is 14.4 Å². The Bertz CT molecular complexity index is 641. The van der Waals surface area contributed by atoms with E-state index in [0.717, 1.165) is 4.90 Å². The molecule has 7 nitrogen and oxygen atoms in total. The average Bonchev–Trinajstić information content (AvgIpc) is 2.50. The fraction of sp³-hybridized carbons (Fsp3) is 0.333. The van der Waals surface area contributed by atoms with E-state index in [9.17, 15) is 19.2 Å². The molecule has 0 spiro atoms. The van der Waals surface area contributed by atoms with Gasteiger partial charge in [0, 0.05) is 12.0 Å². The molecule has 1 aromatic rings. The third-order valence-electron chi connectivity index (χ3n) is 3.57. The number of imide groups is 2. The Hall–Kier alpha value is -2.70. The van der Waals surface area contributed by atoms with Gasteiger partial charge in [-0.2, -0.15) is 0 Å². The van der Waals surface area contributed by atoms with E-state index < -0.39 is 23.8 Å². The fourth-order valence-corrected chi connectivity index (χ4v) is 2.31. The molecular formula is C15H16N2O5. The van der Waals surface area contributed by atoms with Crippen LogP contribution in [0.25, 0.3) is 0 Å². The van der Waals surface area contributed by atoms with Crippen LogP contribution in [0.2, 0.25) is 0 Å². The molecule has 1 N–H and O–H groups in total. The first kappa shape index (κ1) is 15.7. The van der Waals surface area contributed by atoms with Gasteiger partial charge in [0.2, 0.25) is 18.2 Å². The molecular weight excluding hydrogens is 288 g/mol. The van der Waals surface area contributed by atoms with Gasteiger partial charge in [-0.05, 0) is 31.0 Å². The van der Waals surface area contributed by atoms with E-state index in [-0.39, 0.29) is 18.4 Å². The molecule has 1 heterocycles. The lowest BCUT2D eigenvalue weighted by Gasteiger charge is -2.28. The summed E-state index contributed by atoms with van der Waals surface area (Å²) in [6.45, 7) is 1.72. The van der Waals surface area contributed by atoms with Crippen molar-refractivity contribution in [3.8, 4) is 5.75 Å². The molecule has 0 saturated carbocycles. The number of amides is 4. The third-order valence-corrected chi connectivity index (χ3v) is 3.57. The minimum Gasteiger partial charge on any atom is -0.497 e. The summed E-state index contributed by atoms with van der Waals surface area (Å²) < 4.78 is 5.07. The van der Waals surface area contributed by atoms with Crippen molar-refractivity contribution < 1.29 is 23.9 Å². The lowest BCUT2D eigenvalue weighted by molar-refractivity contribution is -0.139. The highest BCUT2D eigenvalue weighted by atomic mass is 16.5. The molecule has 7 heteroatoms. The van der Waals surface area contributed by atoms with Crippen LogP contribution in [0.5, 0.6) is 5.75 Å². The second kappa shape index (κ2) is 6.38. The molecule has 2 rings (SSSR count). The van der Waals surface area contributed by atoms with E-state index in [1.54, 1.807) is 19.1 Å². The second-order valence-electron chi connectivity index (χ2n) is 4.97. The van der Waals surface area contributed by atoms with Crippen LogP contribution < -0.4 is 10.1 Å². The molecule has 0 radical (unpaired) electrons. The van der Waals surface area contributed by atoms with Crippen LogP contribution in [-0.4, -0.2) is 42.2 Å². The maximum Gasteiger partial charge on any atom is 0.261 e. The Morgan fingerprint density at radius 2 is 2.14 bits per heavy atom. The van der Waals surface area contributed by atoms with Crippen LogP contribution in [0.15, 0.2) is 18.2 Å². The summed E-state index contributed by atoms with van der Waals surface area (Å²) in [4.78, 5) is 47.7. The van der Waals surface area contributed by atoms with Gasteiger partial charge in [-0.25, -0.2) is 0 Å². The maximum absolute atomic E-state index is 12.6. The van der Waals surface area contributed by atoms with Gasteiger partial charge >= 0.3 is 0 Å². The van der Waals surface area contributed by atoms with Crippen molar-refractivity contribution in [1.82, 2.24) is 10.2 Å². The molecule has 4 amide bonds. The quantitative estimate of drug-likeness (QED) is 0.642. The van der Waals surface area contributed by atoms with Crippen molar-refractivity contribution in [3.05, 3.63) is 29.3 Å². The smallest absolute Gasteiger partial charge is 0.261 e. The highest BCUT2D eigenvalue weighted by Crippen LogP contribution is 2.21. The van der Waals surface area contributed by atoms with E-state index in [2.05, 4.69) is 5.32 Å². The number of benzene rings is 1. The summed E-state index contributed by atoms with van der Waals surface area (Å²) in [5.74, 6) is -1.17. The van der Waals surface area contributed by atoms with E-state index in [1.165, 1.54) is 13.2 Å². The van der Waals surface area contributed by atoms with Crippen molar-refractivity contribution in [2.75, 3.05) is 7.11 Å². The highest BCUT2D eigenvalue weighted by molar-refractivity contribution is 6.07. The van der Waals surface area contributed by atoms with Crippen molar-refractivity contribution in [2.45, 2.75) is 25.8 Å². The van der Waals surface area contributed by atoms with E-state index in [4.69, 9.17) is 4.74 Å². The molecule has 1 unspecified atom stereocenters. The van der Waals surface area contributed by atoms with Gasteiger partial charge < -0.3 is 4.74 Å². The number of hydrogen-bond donors (Lipinski definition) is 1. The predicted octanol–water partition coefficient (Wildman–Crippen LogP) is 0.407. The zero-order valence-electron chi connectivity index (χ0n) is 12.3. The molecule has 1 atom stereocenters. The number of carbonyl (C=O) groups excluding carboxylic acids is 4. The van der Waals surface area contributed by atoms with Crippen LogP contribution in [0, 0.1) is 6.92 Å². The zero-order valence-corrected chi connectivity index (χ0v) is 12.3. The van der Waals surface area contributed by atoms with Crippen LogP contribution in [0.3, 0.4) is 0 Å². The number of aryl methyl sites for hydroxylation is 1. The largest absolute Gasteiger partial charge is 0.497 e. The Labute approximate surface area is 127 Å². The van der Waals surface area contributed by atoms with Gasteiger partial charge in [0.25, 0.3) is 5.91 Å². The van der Waals surface area contributed by atoms with Crippen LogP contribution >= 0.6 is 0 Å². The summed E-state index contributed by atoms with van der Waals surface area (Å²) in [5, 5.41) is 2.13. The number of carbonyl (C=O) groups is 4. The Morgan fingerprint density at radius 3 is 2.73 bits per heavy atom. The number of rotatable bonds is 4. The molecule has 1 saturated heterocycles. The zero-order chi connectivity index (χ0) is 16.3. The second-order valence-corrected chi connectivity index (χ2v) is 4.97. The van der Waals surface area contributed by atoms with Gasteiger partial charge in [0.15, 0.2) is 0 Å². The number of methoxy groups -OCH3 is 1. The maximum atomic E-state index is 12.6. The number of piperidine rings is 1. The summed E-state index contributed by atoms with van der Waals surface area (Å²) in [6.07, 6.45) is 0.532. The Morgan fingerprint density at radius 1 is 1.41 bits per heavy atom. The Balaban J connectivity index is 2.31. The van der Waals surface area contributed by atoms with E-state index in [1.807, 2.05) is 0 Å². The number of nitrogens with zero attached hydrogens (tertiary/aromatic N) is 1. The lowest BCUT2D eigenvalue weighted by atomic mass is 10.0. The summed E-state index contributed by atoms with van der Waals surface area (Å²) in [7, 11) is 1.47. The summed E-state index contributed by atoms with van der Waals surface area (Å²) in [5.41, 5.74) is 0.932. The first-order valence-electron chi connectivity index (χ1n) is 6.74. The molecule has 1 aliphatic heterocycles.